The van der Waals surface area contributed by atoms with E-state index in [1.54, 1.807) is 11.3 Å². The van der Waals surface area contributed by atoms with Gasteiger partial charge in [0.15, 0.2) is 0 Å². The van der Waals surface area contributed by atoms with Crippen LogP contribution in [0.4, 0.5) is 5.69 Å². The maximum atomic E-state index is 3.63. The average molecular weight is 337 g/mol. The average Bonchev–Trinajstić information content (AvgIpc) is 2.78. The van der Waals surface area contributed by atoms with E-state index in [-0.39, 0.29) is 0 Å². The van der Waals surface area contributed by atoms with Gasteiger partial charge in [-0.1, -0.05) is 29.8 Å². The molecule has 2 atom stereocenters. The maximum absolute atomic E-state index is 3.63. The van der Waals surface area contributed by atoms with Gasteiger partial charge in [-0.25, -0.2) is 0 Å². The van der Waals surface area contributed by atoms with Crippen LogP contribution in [-0.2, 0) is 0 Å². The summed E-state index contributed by atoms with van der Waals surface area (Å²) in [5.74, 6) is 1.91. The van der Waals surface area contributed by atoms with E-state index in [4.69, 9.17) is 0 Å². The first-order valence-electron chi connectivity index (χ1n) is 9.16. The first-order valence-corrected chi connectivity index (χ1v) is 10.1. The molecule has 3 heterocycles. The summed E-state index contributed by atoms with van der Waals surface area (Å²) in [4.78, 5) is 4.25. The van der Waals surface area contributed by atoms with Gasteiger partial charge in [0.25, 0.3) is 0 Å². The highest BCUT2D eigenvalue weighted by atomic mass is 32.2. The second-order valence-electron chi connectivity index (χ2n) is 7.34. The molecule has 3 aliphatic rings. The van der Waals surface area contributed by atoms with Gasteiger partial charge >= 0.3 is 0 Å². The smallest absolute Gasteiger partial charge is 0.0544 e. The largest absolute Gasteiger partial charge is 0.367 e. The maximum Gasteiger partial charge on any atom is 0.0544 e. The van der Waals surface area contributed by atoms with Crippen LogP contribution in [0.15, 0.2) is 41.3 Å². The summed E-state index contributed by atoms with van der Waals surface area (Å²) >= 11 is 2.06. The number of benzene rings is 2. The van der Waals surface area contributed by atoms with Crippen molar-refractivity contribution in [3.63, 3.8) is 0 Å². The molecule has 1 N–H and O–H groups in total. The Morgan fingerprint density at radius 1 is 1.12 bits per heavy atom. The molecule has 5 rings (SSSR count). The zero-order valence-electron chi connectivity index (χ0n) is 14.2. The van der Waals surface area contributed by atoms with E-state index in [1.807, 2.05) is 0 Å². The van der Waals surface area contributed by atoms with E-state index in [1.165, 1.54) is 53.3 Å². The van der Waals surface area contributed by atoms with E-state index >= 15 is 0 Å². The second kappa shape index (κ2) is 5.82. The standard InChI is InChI=1S/C21H24N2S/c1-14-3-5-15(6-4-14)16-11-17-18-13-22-8-7-19(18)23-9-2-10-24-20(12-16)21(17)23/h3-6,11-12,18-19,22H,2,7-10,13H2,1H3/t18-,19-/m1/s1. The minimum absolute atomic E-state index is 0.664. The molecule has 0 radical (unpaired) electrons. The summed E-state index contributed by atoms with van der Waals surface area (Å²) in [5, 5.41) is 3.63. The number of anilines is 1. The van der Waals surface area contributed by atoms with Crippen molar-refractivity contribution in [2.75, 3.05) is 30.3 Å². The SMILES string of the molecule is Cc1ccc(-c2cc3c4c(c2)[C@H]2CNCC[C@H]2N4CCCS3)cc1. The third-order valence-electron chi connectivity index (χ3n) is 5.82. The molecule has 0 saturated carbocycles. The lowest BCUT2D eigenvalue weighted by Crippen LogP contribution is -2.44. The van der Waals surface area contributed by atoms with Crippen LogP contribution < -0.4 is 10.2 Å². The Labute approximate surface area is 148 Å². The molecule has 0 bridgehead atoms. The highest BCUT2D eigenvalue weighted by Gasteiger charge is 2.41. The van der Waals surface area contributed by atoms with Crippen LogP contribution in [0.2, 0.25) is 0 Å². The number of rotatable bonds is 1. The van der Waals surface area contributed by atoms with Gasteiger partial charge < -0.3 is 10.2 Å². The van der Waals surface area contributed by atoms with Gasteiger partial charge in [0.05, 0.1) is 5.69 Å². The van der Waals surface area contributed by atoms with Gasteiger partial charge in [0.2, 0.25) is 0 Å². The van der Waals surface area contributed by atoms with Crippen molar-refractivity contribution in [1.29, 1.82) is 0 Å². The lowest BCUT2D eigenvalue weighted by Gasteiger charge is -2.33. The Bertz CT molecular complexity index is 768. The number of aryl methyl sites for hydroxylation is 1. The van der Waals surface area contributed by atoms with E-state index in [0.717, 1.165) is 6.54 Å². The van der Waals surface area contributed by atoms with E-state index < -0.39 is 0 Å². The van der Waals surface area contributed by atoms with Crippen molar-refractivity contribution >= 4 is 17.4 Å². The zero-order chi connectivity index (χ0) is 16.1. The first-order chi connectivity index (χ1) is 11.8. The molecular weight excluding hydrogens is 312 g/mol. The van der Waals surface area contributed by atoms with Gasteiger partial charge in [-0.05, 0) is 60.9 Å². The van der Waals surface area contributed by atoms with Crippen LogP contribution in [0.5, 0.6) is 0 Å². The first kappa shape index (κ1) is 14.9. The number of piperidine rings is 1. The van der Waals surface area contributed by atoms with Gasteiger partial charge in [0, 0.05) is 29.9 Å². The van der Waals surface area contributed by atoms with Crippen molar-refractivity contribution in [2.24, 2.45) is 0 Å². The Hall–Kier alpha value is -1.45. The molecule has 0 amide bonds. The molecule has 1 saturated heterocycles. The summed E-state index contributed by atoms with van der Waals surface area (Å²) < 4.78 is 0. The lowest BCUT2D eigenvalue weighted by atomic mass is 9.88. The lowest BCUT2D eigenvalue weighted by molar-refractivity contribution is 0.403. The number of nitrogens with zero attached hydrogens (tertiary/aromatic N) is 1. The molecule has 2 aromatic carbocycles. The van der Waals surface area contributed by atoms with Crippen LogP contribution in [0.3, 0.4) is 0 Å². The van der Waals surface area contributed by atoms with E-state index in [9.17, 15) is 0 Å². The fraction of sp³-hybridized carbons (Fsp3) is 0.429. The van der Waals surface area contributed by atoms with Crippen LogP contribution in [0, 0.1) is 6.92 Å². The van der Waals surface area contributed by atoms with Gasteiger partial charge in [0.1, 0.15) is 0 Å². The molecule has 124 valence electrons. The van der Waals surface area contributed by atoms with Crippen molar-refractivity contribution in [1.82, 2.24) is 5.32 Å². The molecular formula is C21H24N2S. The molecule has 24 heavy (non-hydrogen) atoms. The molecule has 0 unspecified atom stereocenters. The third kappa shape index (κ3) is 2.29. The van der Waals surface area contributed by atoms with Gasteiger partial charge in [-0.15, -0.1) is 11.8 Å². The van der Waals surface area contributed by atoms with Crippen molar-refractivity contribution in [3.05, 3.63) is 47.5 Å². The van der Waals surface area contributed by atoms with E-state index in [2.05, 4.69) is 65.3 Å². The Balaban J connectivity index is 1.67. The highest BCUT2D eigenvalue weighted by molar-refractivity contribution is 7.99. The van der Waals surface area contributed by atoms with Crippen molar-refractivity contribution in [3.8, 4) is 11.1 Å². The van der Waals surface area contributed by atoms with Crippen molar-refractivity contribution < 1.29 is 0 Å². The summed E-state index contributed by atoms with van der Waals surface area (Å²) in [5.41, 5.74) is 7.23. The number of thioether (sulfide) groups is 1. The molecule has 0 aliphatic carbocycles. The molecule has 2 nitrogen and oxygen atoms in total. The second-order valence-corrected chi connectivity index (χ2v) is 8.48. The van der Waals surface area contributed by atoms with Gasteiger partial charge in [-0.2, -0.15) is 0 Å². The molecule has 1 fully saturated rings. The normalized spacial score (nSPS) is 25.1. The molecule has 0 spiro atoms. The van der Waals surface area contributed by atoms with Crippen LogP contribution in [0.1, 0.15) is 29.9 Å². The summed E-state index contributed by atoms with van der Waals surface area (Å²) in [6.45, 7) is 5.69. The molecule has 3 aliphatic heterocycles. The van der Waals surface area contributed by atoms with Crippen LogP contribution in [-0.4, -0.2) is 31.4 Å². The Morgan fingerprint density at radius 2 is 2.00 bits per heavy atom. The van der Waals surface area contributed by atoms with Crippen molar-refractivity contribution in [2.45, 2.75) is 36.6 Å². The predicted octanol–water partition coefficient (Wildman–Crippen LogP) is 4.42. The zero-order valence-corrected chi connectivity index (χ0v) is 15.0. The molecule has 2 aromatic rings. The van der Waals surface area contributed by atoms with Crippen LogP contribution >= 0.6 is 11.8 Å². The highest BCUT2D eigenvalue weighted by Crippen LogP contribution is 2.51. The Morgan fingerprint density at radius 3 is 2.88 bits per heavy atom. The fourth-order valence-corrected chi connectivity index (χ4v) is 5.71. The Kier molecular flexibility index (Phi) is 3.60. The fourth-order valence-electron chi connectivity index (χ4n) is 4.64. The monoisotopic (exact) mass is 336 g/mol. The molecule has 3 heteroatoms. The minimum atomic E-state index is 0.664. The molecule has 0 aromatic heterocycles. The number of fused-ring (bicyclic) bond motifs is 3. The number of hydrogen-bond acceptors (Lipinski definition) is 3. The van der Waals surface area contributed by atoms with Gasteiger partial charge in [-0.3, -0.25) is 0 Å². The summed E-state index contributed by atoms with van der Waals surface area (Å²) in [7, 11) is 0. The summed E-state index contributed by atoms with van der Waals surface area (Å²) in [6, 6.07) is 14.6. The van der Waals surface area contributed by atoms with E-state index in [0.29, 0.717) is 12.0 Å². The predicted molar refractivity (Wildman–Crippen MR) is 103 cm³/mol. The number of nitrogens with one attached hydrogen (secondary N) is 1. The summed E-state index contributed by atoms with van der Waals surface area (Å²) in [6.07, 6.45) is 2.58. The minimum Gasteiger partial charge on any atom is -0.367 e. The topological polar surface area (TPSA) is 15.3 Å². The van der Waals surface area contributed by atoms with Crippen LogP contribution in [0.25, 0.3) is 11.1 Å². The quantitative estimate of drug-likeness (QED) is 0.830. The third-order valence-corrected chi connectivity index (χ3v) is 6.94. The number of hydrogen-bond donors (Lipinski definition) is 1.